The molecule has 0 aliphatic rings. The SMILES string of the molecule is Cc1cc(-c2nc(CCOCc3ccccc3)c(C)o2)cc(C)c1O. The van der Waals surface area contributed by atoms with E-state index in [0.29, 0.717) is 31.3 Å². The monoisotopic (exact) mass is 337 g/mol. The zero-order chi connectivity index (χ0) is 17.8. The van der Waals surface area contributed by atoms with Gasteiger partial charge in [-0.05, 0) is 49.6 Å². The molecule has 0 atom stereocenters. The van der Waals surface area contributed by atoms with E-state index >= 15 is 0 Å². The van der Waals surface area contributed by atoms with Crippen molar-refractivity contribution in [2.45, 2.75) is 33.8 Å². The maximum Gasteiger partial charge on any atom is 0.226 e. The molecule has 3 aromatic rings. The Morgan fingerprint density at radius 2 is 1.72 bits per heavy atom. The van der Waals surface area contributed by atoms with Gasteiger partial charge in [-0.2, -0.15) is 0 Å². The Morgan fingerprint density at radius 3 is 2.40 bits per heavy atom. The normalized spacial score (nSPS) is 11.0. The number of aromatic nitrogens is 1. The second-order valence-corrected chi connectivity index (χ2v) is 6.27. The smallest absolute Gasteiger partial charge is 0.226 e. The van der Waals surface area contributed by atoms with Gasteiger partial charge in [0.2, 0.25) is 5.89 Å². The highest BCUT2D eigenvalue weighted by molar-refractivity contribution is 5.60. The molecule has 4 heteroatoms. The number of rotatable bonds is 6. The van der Waals surface area contributed by atoms with Crippen LogP contribution in [0.15, 0.2) is 46.9 Å². The van der Waals surface area contributed by atoms with Gasteiger partial charge in [0.15, 0.2) is 0 Å². The molecule has 0 saturated carbocycles. The number of nitrogens with zero attached hydrogens (tertiary/aromatic N) is 1. The second kappa shape index (κ2) is 7.53. The van der Waals surface area contributed by atoms with Crippen LogP contribution in [0, 0.1) is 20.8 Å². The van der Waals surface area contributed by atoms with Gasteiger partial charge in [0.1, 0.15) is 11.5 Å². The number of oxazole rings is 1. The number of phenolic OH excluding ortho intramolecular Hbond substituents is 1. The zero-order valence-electron chi connectivity index (χ0n) is 14.9. The molecule has 2 aromatic carbocycles. The van der Waals surface area contributed by atoms with Gasteiger partial charge in [-0.3, -0.25) is 0 Å². The Bertz CT molecular complexity index is 830. The van der Waals surface area contributed by atoms with Crippen LogP contribution in [0.2, 0.25) is 0 Å². The number of phenols is 1. The summed E-state index contributed by atoms with van der Waals surface area (Å²) in [6.45, 7) is 6.86. The molecule has 3 rings (SSSR count). The molecule has 1 aromatic heterocycles. The molecule has 0 aliphatic heterocycles. The topological polar surface area (TPSA) is 55.5 Å². The first-order valence-electron chi connectivity index (χ1n) is 8.43. The molecule has 1 heterocycles. The first-order chi connectivity index (χ1) is 12.0. The predicted molar refractivity (Wildman–Crippen MR) is 97.6 cm³/mol. The van der Waals surface area contributed by atoms with E-state index in [0.717, 1.165) is 33.7 Å². The highest BCUT2D eigenvalue weighted by Crippen LogP contribution is 2.29. The number of hydrogen-bond donors (Lipinski definition) is 1. The molecule has 0 bridgehead atoms. The van der Waals surface area contributed by atoms with Gasteiger partial charge in [-0.15, -0.1) is 0 Å². The summed E-state index contributed by atoms with van der Waals surface area (Å²) in [5, 5.41) is 9.91. The van der Waals surface area contributed by atoms with Crippen molar-refractivity contribution in [1.29, 1.82) is 0 Å². The summed E-state index contributed by atoms with van der Waals surface area (Å²) in [6, 6.07) is 13.9. The van der Waals surface area contributed by atoms with Gasteiger partial charge in [0.25, 0.3) is 0 Å². The average molecular weight is 337 g/mol. The lowest BCUT2D eigenvalue weighted by Gasteiger charge is -2.05. The lowest BCUT2D eigenvalue weighted by atomic mass is 10.1. The minimum Gasteiger partial charge on any atom is -0.507 e. The summed E-state index contributed by atoms with van der Waals surface area (Å²) in [5.74, 6) is 1.71. The Hall–Kier alpha value is -2.59. The quantitative estimate of drug-likeness (QED) is 0.661. The van der Waals surface area contributed by atoms with Gasteiger partial charge in [0, 0.05) is 12.0 Å². The Morgan fingerprint density at radius 1 is 1.04 bits per heavy atom. The fraction of sp³-hybridized carbons (Fsp3) is 0.286. The van der Waals surface area contributed by atoms with E-state index in [9.17, 15) is 5.11 Å². The molecular weight excluding hydrogens is 314 g/mol. The van der Waals surface area contributed by atoms with Crippen LogP contribution in [0.1, 0.15) is 28.1 Å². The Kier molecular flexibility index (Phi) is 5.19. The van der Waals surface area contributed by atoms with Crippen molar-refractivity contribution in [3.05, 3.63) is 70.6 Å². The van der Waals surface area contributed by atoms with E-state index in [2.05, 4.69) is 17.1 Å². The number of aromatic hydroxyl groups is 1. The van der Waals surface area contributed by atoms with E-state index in [1.165, 1.54) is 0 Å². The van der Waals surface area contributed by atoms with E-state index < -0.39 is 0 Å². The van der Waals surface area contributed by atoms with E-state index in [1.807, 2.05) is 51.1 Å². The maximum absolute atomic E-state index is 9.91. The summed E-state index contributed by atoms with van der Waals surface area (Å²) < 4.78 is 11.6. The number of hydrogen-bond acceptors (Lipinski definition) is 4. The molecule has 4 nitrogen and oxygen atoms in total. The largest absolute Gasteiger partial charge is 0.507 e. The van der Waals surface area contributed by atoms with Gasteiger partial charge in [0.05, 0.1) is 18.9 Å². The van der Waals surface area contributed by atoms with Gasteiger partial charge >= 0.3 is 0 Å². The minimum absolute atomic E-state index is 0.321. The van der Waals surface area contributed by atoms with Crippen LogP contribution in [-0.2, 0) is 17.8 Å². The third kappa shape index (κ3) is 4.09. The summed E-state index contributed by atoms with van der Waals surface area (Å²) in [5.41, 5.74) is 4.59. The van der Waals surface area contributed by atoms with Gasteiger partial charge in [-0.25, -0.2) is 4.98 Å². The zero-order valence-corrected chi connectivity index (χ0v) is 14.9. The summed E-state index contributed by atoms with van der Waals surface area (Å²) in [6.07, 6.45) is 0.707. The molecular formula is C21H23NO3. The third-order valence-corrected chi connectivity index (χ3v) is 4.23. The van der Waals surface area contributed by atoms with E-state index in [4.69, 9.17) is 9.15 Å². The van der Waals surface area contributed by atoms with Crippen molar-refractivity contribution < 1.29 is 14.3 Å². The van der Waals surface area contributed by atoms with E-state index in [-0.39, 0.29) is 0 Å². The molecule has 1 N–H and O–H groups in total. The first-order valence-corrected chi connectivity index (χ1v) is 8.43. The second-order valence-electron chi connectivity index (χ2n) is 6.27. The van der Waals surface area contributed by atoms with Crippen molar-refractivity contribution in [2.24, 2.45) is 0 Å². The first kappa shape index (κ1) is 17.2. The number of ether oxygens (including phenoxy) is 1. The molecule has 130 valence electrons. The fourth-order valence-corrected chi connectivity index (χ4v) is 2.80. The van der Waals surface area contributed by atoms with Crippen LogP contribution in [-0.4, -0.2) is 16.7 Å². The summed E-state index contributed by atoms with van der Waals surface area (Å²) in [4.78, 5) is 4.61. The van der Waals surface area contributed by atoms with Gasteiger partial charge in [-0.1, -0.05) is 30.3 Å². The van der Waals surface area contributed by atoms with Crippen molar-refractivity contribution in [3.63, 3.8) is 0 Å². The van der Waals surface area contributed by atoms with Crippen LogP contribution in [0.5, 0.6) is 5.75 Å². The predicted octanol–water partition coefficient (Wildman–Crippen LogP) is 4.73. The minimum atomic E-state index is 0.321. The van der Waals surface area contributed by atoms with Crippen LogP contribution >= 0.6 is 0 Å². The van der Waals surface area contributed by atoms with Crippen LogP contribution in [0.4, 0.5) is 0 Å². The molecule has 0 fully saturated rings. The molecule has 0 spiro atoms. The molecule has 0 saturated heterocycles. The highest BCUT2D eigenvalue weighted by Gasteiger charge is 2.13. The van der Waals surface area contributed by atoms with Crippen LogP contribution in [0.3, 0.4) is 0 Å². The Labute approximate surface area is 148 Å². The summed E-state index contributed by atoms with van der Waals surface area (Å²) >= 11 is 0. The van der Waals surface area contributed by atoms with Crippen LogP contribution < -0.4 is 0 Å². The molecule has 25 heavy (non-hydrogen) atoms. The summed E-state index contributed by atoms with van der Waals surface area (Å²) in [7, 11) is 0. The van der Waals surface area contributed by atoms with Crippen molar-refractivity contribution in [2.75, 3.05) is 6.61 Å². The van der Waals surface area contributed by atoms with Crippen molar-refractivity contribution in [1.82, 2.24) is 4.98 Å². The molecule has 0 radical (unpaired) electrons. The lowest BCUT2D eigenvalue weighted by Crippen LogP contribution is -2.00. The lowest BCUT2D eigenvalue weighted by molar-refractivity contribution is 0.123. The third-order valence-electron chi connectivity index (χ3n) is 4.23. The maximum atomic E-state index is 9.91. The van der Waals surface area contributed by atoms with Crippen molar-refractivity contribution >= 4 is 0 Å². The van der Waals surface area contributed by atoms with Gasteiger partial charge < -0.3 is 14.3 Å². The Balaban J connectivity index is 1.64. The van der Waals surface area contributed by atoms with E-state index in [1.54, 1.807) is 0 Å². The highest BCUT2D eigenvalue weighted by atomic mass is 16.5. The van der Waals surface area contributed by atoms with Crippen molar-refractivity contribution in [3.8, 4) is 17.2 Å². The molecule has 0 aliphatic carbocycles. The number of benzene rings is 2. The number of aryl methyl sites for hydroxylation is 3. The molecule has 0 unspecified atom stereocenters. The van der Waals surface area contributed by atoms with Crippen LogP contribution in [0.25, 0.3) is 11.5 Å². The standard InChI is InChI=1S/C21H23NO3/c1-14-11-18(12-15(2)20(14)23)21-22-19(16(3)25-21)9-10-24-13-17-7-5-4-6-8-17/h4-8,11-12,23H,9-10,13H2,1-3H3. The molecule has 0 amide bonds. The fourth-order valence-electron chi connectivity index (χ4n) is 2.80. The average Bonchev–Trinajstić information content (AvgIpc) is 2.98.